The molecule has 0 saturated carbocycles. The van der Waals surface area contributed by atoms with Crippen LogP contribution >= 0.6 is 0 Å². The quantitative estimate of drug-likeness (QED) is 0.608. The number of hydrogen-bond donors (Lipinski definition) is 2. The molecular weight excluding hydrogens is 260 g/mol. The normalized spacial score (nSPS) is 10.3. The highest BCUT2D eigenvalue weighted by molar-refractivity contribution is 5.94. The topological polar surface area (TPSA) is 82.8 Å². The molecule has 0 heterocycles. The maximum absolute atomic E-state index is 11.8. The molecule has 3 N–H and O–H groups in total. The number of methoxy groups -OCH3 is 1. The summed E-state index contributed by atoms with van der Waals surface area (Å²) in [4.78, 5) is 11.8. The molecule has 6 heteroatoms. The van der Waals surface area contributed by atoms with E-state index in [0.29, 0.717) is 45.1 Å². The second-order valence-electron chi connectivity index (χ2n) is 4.00. The molecule has 0 aromatic heterocycles. The van der Waals surface area contributed by atoms with Gasteiger partial charge in [0.05, 0.1) is 33.5 Å². The predicted molar refractivity (Wildman–Crippen MR) is 76.0 cm³/mol. The predicted octanol–water partition coefficient (Wildman–Crippen LogP) is 0.417. The van der Waals surface area contributed by atoms with Crippen LogP contribution in [0.25, 0.3) is 0 Å². The van der Waals surface area contributed by atoms with Crippen LogP contribution in [-0.2, 0) is 9.47 Å². The molecule has 0 aliphatic carbocycles. The number of carbonyl (C=O) groups is 1. The maximum atomic E-state index is 11.8. The van der Waals surface area contributed by atoms with Crippen LogP contribution < -0.4 is 15.8 Å². The molecule has 0 spiro atoms. The van der Waals surface area contributed by atoms with Gasteiger partial charge in [-0.3, -0.25) is 4.79 Å². The lowest BCUT2D eigenvalue weighted by molar-refractivity contribution is 0.0511. The molecule has 20 heavy (non-hydrogen) atoms. The first-order valence-corrected chi connectivity index (χ1v) is 6.55. The Balaban J connectivity index is 2.10. The van der Waals surface area contributed by atoms with Crippen molar-refractivity contribution in [2.24, 2.45) is 5.73 Å². The summed E-state index contributed by atoms with van der Waals surface area (Å²) in [6.07, 6.45) is 0. The number of nitrogens with one attached hydrogen (secondary N) is 1. The van der Waals surface area contributed by atoms with E-state index in [0.717, 1.165) is 5.75 Å². The van der Waals surface area contributed by atoms with Gasteiger partial charge in [0.2, 0.25) is 0 Å². The van der Waals surface area contributed by atoms with Crippen molar-refractivity contribution >= 4 is 5.91 Å². The van der Waals surface area contributed by atoms with Crippen LogP contribution in [0.15, 0.2) is 24.3 Å². The Morgan fingerprint density at radius 2 is 1.75 bits per heavy atom. The van der Waals surface area contributed by atoms with Crippen LogP contribution in [0.4, 0.5) is 0 Å². The van der Waals surface area contributed by atoms with E-state index in [4.69, 9.17) is 19.9 Å². The summed E-state index contributed by atoms with van der Waals surface area (Å²) in [5.41, 5.74) is 5.87. The lowest BCUT2D eigenvalue weighted by atomic mass is 10.2. The van der Waals surface area contributed by atoms with Gasteiger partial charge in [0.15, 0.2) is 0 Å². The van der Waals surface area contributed by atoms with Gasteiger partial charge in [-0.2, -0.15) is 0 Å². The number of rotatable bonds is 10. The van der Waals surface area contributed by atoms with Crippen LogP contribution in [0.5, 0.6) is 5.75 Å². The van der Waals surface area contributed by atoms with Gasteiger partial charge in [-0.15, -0.1) is 0 Å². The Bertz CT molecular complexity index is 381. The molecule has 0 saturated heterocycles. The zero-order valence-electron chi connectivity index (χ0n) is 11.8. The first kappa shape index (κ1) is 16.4. The highest BCUT2D eigenvalue weighted by Crippen LogP contribution is 2.10. The largest absolute Gasteiger partial charge is 0.497 e. The highest BCUT2D eigenvalue weighted by atomic mass is 16.5. The van der Waals surface area contributed by atoms with E-state index in [9.17, 15) is 4.79 Å². The van der Waals surface area contributed by atoms with Crippen molar-refractivity contribution < 1.29 is 19.0 Å². The molecule has 6 nitrogen and oxygen atoms in total. The van der Waals surface area contributed by atoms with Crippen molar-refractivity contribution in [3.05, 3.63) is 29.8 Å². The molecule has 0 unspecified atom stereocenters. The van der Waals surface area contributed by atoms with E-state index >= 15 is 0 Å². The molecule has 112 valence electrons. The van der Waals surface area contributed by atoms with Gasteiger partial charge >= 0.3 is 0 Å². The maximum Gasteiger partial charge on any atom is 0.251 e. The summed E-state index contributed by atoms with van der Waals surface area (Å²) in [6, 6.07) is 6.94. The third kappa shape index (κ3) is 6.51. The summed E-state index contributed by atoms with van der Waals surface area (Å²) >= 11 is 0. The minimum atomic E-state index is -0.129. The standard InChI is InChI=1S/C14H22N2O4/c1-18-13-4-2-12(3-5-13)14(17)16-7-9-20-11-10-19-8-6-15/h2-5H,6-11,15H2,1H3,(H,16,17). The second kappa shape index (κ2) is 10.2. The molecule has 0 atom stereocenters. The Morgan fingerprint density at radius 3 is 2.35 bits per heavy atom. The third-order valence-electron chi connectivity index (χ3n) is 2.52. The molecule has 0 aliphatic rings. The molecule has 1 amide bonds. The van der Waals surface area contributed by atoms with Gasteiger partial charge in [-0.05, 0) is 24.3 Å². The van der Waals surface area contributed by atoms with Gasteiger partial charge in [-0.1, -0.05) is 0 Å². The summed E-state index contributed by atoms with van der Waals surface area (Å²) in [5.74, 6) is 0.595. The molecule has 0 aliphatic heterocycles. The number of carbonyl (C=O) groups excluding carboxylic acids is 1. The molecule has 0 radical (unpaired) electrons. The lowest BCUT2D eigenvalue weighted by Crippen LogP contribution is -2.27. The Hall–Kier alpha value is -1.63. The first-order chi connectivity index (χ1) is 9.77. The van der Waals surface area contributed by atoms with Gasteiger partial charge in [0, 0.05) is 18.7 Å². The van der Waals surface area contributed by atoms with E-state index in [2.05, 4.69) is 5.32 Å². The van der Waals surface area contributed by atoms with Crippen molar-refractivity contribution in [1.82, 2.24) is 5.32 Å². The average Bonchev–Trinajstić information content (AvgIpc) is 2.50. The Labute approximate surface area is 119 Å². The lowest BCUT2D eigenvalue weighted by Gasteiger charge is -2.07. The summed E-state index contributed by atoms with van der Waals surface area (Å²) in [6.45, 7) is 2.98. The van der Waals surface area contributed by atoms with E-state index in [1.807, 2.05) is 0 Å². The number of benzene rings is 1. The second-order valence-corrected chi connectivity index (χ2v) is 4.00. The molecule has 0 bridgehead atoms. The number of amides is 1. The first-order valence-electron chi connectivity index (χ1n) is 6.55. The summed E-state index contributed by atoms with van der Waals surface area (Å²) in [7, 11) is 1.59. The molecule has 1 aromatic carbocycles. The minimum absolute atomic E-state index is 0.129. The van der Waals surface area contributed by atoms with E-state index in [-0.39, 0.29) is 5.91 Å². The van der Waals surface area contributed by atoms with Gasteiger partial charge in [-0.25, -0.2) is 0 Å². The molecular formula is C14H22N2O4. The van der Waals surface area contributed by atoms with Crippen LogP contribution in [-0.4, -0.2) is 52.5 Å². The monoisotopic (exact) mass is 282 g/mol. The summed E-state index contributed by atoms with van der Waals surface area (Å²) < 4.78 is 15.5. The van der Waals surface area contributed by atoms with Crippen molar-refractivity contribution in [1.29, 1.82) is 0 Å². The average molecular weight is 282 g/mol. The van der Waals surface area contributed by atoms with E-state index in [1.165, 1.54) is 0 Å². The van der Waals surface area contributed by atoms with Crippen LogP contribution in [0.2, 0.25) is 0 Å². The van der Waals surface area contributed by atoms with Crippen LogP contribution in [0.3, 0.4) is 0 Å². The van der Waals surface area contributed by atoms with E-state index < -0.39 is 0 Å². The SMILES string of the molecule is COc1ccc(C(=O)NCCOCCOCCN)cc1. The molecule has 1 rings (SSSR count). The zero-order chi connectivity index (χ0) is 14.6. The van der Waals surface area contributed by atoms with Crippen LogP contribution in [0.1, 0.15) is 10.4 Å². The van der Waals surface area contributed by atoms with E-state index in [1.54, 1.807) is 31.4 Å². The van der Waals surface area contributed by atoms with Crippen LogP contribution in [0, 0.1) is 0 Å². The molecule has 1 aromatic rings. The van der Waals surface area contributed by atoms with Gasteiger partial charge in [0.25, 0.3) is 5.91 Å². The van der Waals surface area contributed by atoms with Crippen molar-refractivity contribution in [3.8, 4) is 5.75 Å². The smallest absolute Gasteiger partial charge is 0.251 e. The Kier molecular flexibility index (Phi) is 8.37. The van der Waals surface area contributed by atoms with Gasteiger partial charge in [0.1, 0.15) is 5.75 Å². The fraction of sp³-hybridized carbons (Fsp3) is 0.500. The fourth-order valence-electron chi connectivity index (χ4n) is 1.49. The van der Waals surface area contributed by atoms with Crippen molar-refractivity contribution in [2.45, 2.75) is 0 Å². The third-order valence-corrected chi connectivity index (χ3v) is 2.52. The van der Waals surface area contributed by atoms with Gasteiger partial charge < -0.3 is 25.3 Å². The zero-order valence-corrected chi connectivity index (χ0v) is 11.8. The minimum Gasteiger partial charge on any atom is -0.497 e. The number of ether oxygens (including phenoxy) is 3. The fourth-order valence-corrected chi connectivity index (χ4v) is 1.49. The summed E-state index contributed by atoms with van der Waals surface area (Å²) in [5, 5.41) is 2.77. The highest BCUT2D eigenvalue weighted by Gasteiger charge is 2.04. The number of nitrogens with two attached hydrogens (primary N) is 1. The number of hydrogen-bond acceptors (Lipinski definition) is 5. The van der Waals surface area contributed by atoms with Crippen molar-refractivity contribution in [3.63, 3.8) is 0 Å². The Morgan fingerprint density at radius 1 is 1.10 bits per heavy atom. The molecule has 0 fully saturated rings. The van der Waals surface area contributed by atoms with Crippen molar-refractivity contribution in [2.75, 3.05) is 46.6 Å².